The maximum atomic E-state index is 13.0. The number of sulfonamides is 1. The van der Waals surface area contributed by atoms with Crippen molar-refractivity contribution < 1.29 is 34.0 Å². The van der Waals surface area contributed by atoms with E-state index in [2.05, 4.69) is 4.90 Å². The van der Waals surface area contributed by atoms with Gasteiger partial charge in [-0.05, 0) is 32.4 Å². The van der Waals surface area contributed by atoms with Crippen LogP contribution >= 0.6 is 0 Å². The predicted octanol–water partition coefficient (Wildman–Crippen LogP) is -0.614. The summed E-state index contributed by atoms with van der Waals surface area (Å²) >= 11 is 0. The number of benzene rings is 1. The van der Waals surface area contributed by atoms with Crippen LogP contribution in [0.3, 0.4) is 0 Å². The molecule has 1 aliphatic heterocycles. The molecule has 1 heterocycles. The van der Waals surface area contributed by atoms with Crippen LogP contribution in [0.2, 0.25) is 0 Å². The summed E-state index contributed by atoms with van der Waals surface area (Å²) in [6, 6.07) is 7.59. The summed E-state index contributed by atoms with van der Waals surface area (Å²) in [6.45, 7) is 5.52. The zero-order valence-corrected chi connectivity index (χ0v) is 19.2. The first-order valence-electron chi connectivity index (χ1n) is 10.2. The molecule has 0 aliphatic carbocycles. The van der Waals surface area contributed by atoms with Gasteiger partial charge in [0.1, 0.15) is 18.3 Å². The molecule has 0 radical (unpaired) electrons. The lowest BCUT2D eigenvalue weighted by atomic mass is 9.89. The van der Waals surface area contributed by atoms with E-state index in [1.54, 1.807) is 0 Å². The molecule has 0 amide bonds. The molecule has 0 spiro atoms. The van der Waals surface area contributed by atoms with Gasteiger partial charge in [-0.2, -0.15) is 0 Å². The van der Waals surface area contributed by atoms with Crippen LogP contribution in [0.25, 0.3) is 5.57 Å². The first-order valence-corrected chi connectivity index (χ1v) is 11.8. The Balaban J connectivity index is 2.22. The average molecular weight is 459 g/mol. The number of hydrogen-bond donors (Lipinski definition) is 5. The molecule has 9 nitrogen and oxygen atoms in total. The second kappa shape index (κ2) is 9.95. The third kappa shape index (κ3) is 5.64. The molecule has 5 N–H and O–H groups in total. The molecule has 4 atom stereocenters. The molecular formula is C21H34N2O7S. The van der Waals surface area contributed by atoms with Gasteiger partial charge >= 0.3 is 0 Å². The fourth-order valence-corrected chi connectivity index (χ4v) is 5.16. The van der Waals surface area contributed by atoms with Gasteiger partial charge in [0.2, 0.25) is 10.0 Å². The number of rotatable bonds is 10. The van der Waals surface area contributed by atoms with E-state index in [0.29, 0.717) is 5.57 Å². The molecule has 176 valence electrons. The van der Waals surface area contributed by atoms with Gasteiger partial charge in [-0.3, -0.25) is 0 Å². The quantitative estimate of drug-likeness (QED) is 0.313. The number of anilines is 1. The Kier molecular flexibility index (Phi) is 8.26. The molecule has 4 unspecified atom stereocenters. The van der Waals surface area contributed by atoms with Crippen molar-refractivity contribution in [2.75, 3.05) is 37.4 Å². The highest BCUT2D eigenvalue weighted by Gasteiger charge is 2.35. The Hall–Kier alpha value is -1.53. The summed E-state index contributed by atoms with van der Waals surface area (Å²) in [6.07, 6.45) is -5.03. The molecular weight excluding hydrogens is 424 g/mol. The highest BCUT2D eigenvalue weighted by molar-refractivity contribution is 7.89. The maximum Gasteiger partial charge on any atom is 0.218 e. The van der Waals surface area contributed by atoms with Crippen molar-refractivity contribution in [3.05, 3.63) is 35.9 Å². The number of fused-ring (bicyclic) bond motifs is 1. The number of para-hydroxylation sites is 1. The van der Waals surface area contributed by atoms with Crippen LogP contribution in [-0.2, 0) is 10.0 Å². The fourth-order valence-electron chi connectivity index (χ4n) is 3.93. The second-order valence-electron chi connectivity index (χ2n) is 8.42. The molecule has 1 aliphatic rings. The molecule has 0 saturated heterocycles. The smallest absolute Gasteiger partial charge is 0.218 e. The molecule has 0 saturated carbocycles. The summed E-state index contributed by atoms with van der Waals surface area (Å²) in [5.74, 6) is -0.299. The van der Waals surface area contributed by atoms with Crippen molar-refractivity contribution in [3.8, 4) is 0 Å². The van der Waals surface area contributed by atoms with Gasteiger partial charge in [0.15, 0.2) is 0 Å². The highest BCUT2D eigenvalue weighted by Crippen LogP contribution is 2.39. The Morgan fingerprint density at radius 3 is 2.23 bits per heavy atom. The van der Waals surface area contributed by atoms with Gasteiger partial charge in [-0.15, -0.1) is 0 Å². The molecule has 2 rings (SSSR count). The minimum absolute atomic E-state index is 0.299. The Labute approximate surface area is 183 Å². The Bertz CT molecular complexity index is 887. The summed E-state index contributed by atoms with van der Waals surface area (Å²) in [4.78, 5) is 2.19. The van der Waals surface area contributed by atoms with E-state index < -0.39 is 53.1 Å². The SMILES string of the molecule is CCN1c2ccccc2C(CS(=O)(=O)N(C)CC(O)C(O)C(O)C(O)CO)=CC1(C)C. The third-order valence-electron chi connectivity index (χ3n) is 5.66. The third-order valence-corrected chi connectivity index (χ3v) is 7.44. The molecule has 1 aromatic carbocycles. The van der Waals surface area contributed by atoms with Crippen molar-refractivity contribution in [3.63, 3.8) is 0 Å². The Morgan fingerprint density at radius 1 is 1.06 bits per heavy atom. The number of nitrogens with zero attached hydrogens (tertiary/aromatic N) is 2. The van der Waals surface area contributed by atoms with Gasteiger partial charge in [0, 0.05) is 31.4 Å². The van der Waals surface area contributed by atoms with E-state index in [1.807, 2.05) is 51.1 Å². The van der Waals surface area contributed by atoms with Crippen molar-refractivity contribution in [2.24, 2.45) is 0 Å². The zero-order valence-electron chi connectivity index (χ0n) is 18.4. The molecule has 0 aromatic heterocycles. The lowest BCUT2D eigenvalue weighted by molar-refractivity contribution is -0.116. The van der Waals surface area contributed by atoms with Crippen molar-refractivity contribution in [1.29, 1.82) is 0 Å². The summed E-state index contributed by atoms with van der Waals surface area (Å²) in [5.41, 5.74) is 2.01. The van der Waals surface area contributed by atoms with Gasteiger partial charge in [0.25, 0.3) is 0 Å². The van der Waals surface area contributed by atoms with E-state index in [-0.39, 0.29) is 5.75 Å². The standard InChI is InChI=1S/C21H34N2O7S/c1-5-23-16-9-7-6-8-15(16)14(10-21(23,2)3)13-31(29,30)22(4)11-17(25)19(27)20(28)18(26)12-24/h6-10,17-20,24-28H,5,11-13H2,1-4H3. The van der Waals surface area contributed by atoms with Crippen LogP contribution in [0.4, 0.5) is 5.69 Å². The number of likely N-dealkylation sites (N-methyl/N-ethyl adjacent to an activating group) is 2. The fraction of sp³-hybridized carbons (Fsp3) is 0.619. The number of aliphatic hydroxyl groups excluding tert-OH is 5. The van der Waals surface area contributed by atoms with E-state index in [1.165, 1.54) is 7.05 Å². The first kappa shape index (κ1) is 25.7. The van der Waals surface area contributed by atoms with Crippen molar-refractivity contribution in [2.45, 2.75) is 50.7 Å². The van der Waals surface area contributed by atoms with Gasteiger partial charge < -0.3 is 30.4 Å². The van der Waals surface area contributed by atoms with Crippen molar-refractivity contribution in [1.82, 2.24) is 4.31 Å². The molecule has 1 aromatic rings. The van der Waals surface area contributed by atoms with Gasteiger partial charge in [-0.1, -0.05) is 24.3 Å². The molecule has 10 heteroatoms. The molecule has 0 bridgehead atoms. The predicted molar refractivity (Wildman–Crippen MR) is 119 cm³/mol. The van der Waals surface area contributed by atoms with E-state index in [0.717, 1.165) is 22.1 Å². The summed E-state index contributed by atoms with van der Waals surface area (Å²) < 4.78 is 26.9. The highest BCUT2D eigenvalue weighted by atomic mass is 32.2. The first-order chi connectivity index (χ1) is 14.4. The monoisotopic (exact) mass is 458 g/mol. The van der Waals surface area contributed by atoms with Crippen LogP contribution in [0, 0.1) is 0 Å². The van der Waals surface area contributed by atoms with Crippen LogP contribution in [0.5, 0.6) is 0 Å². The second-order valence-corrected chi connectivity index (χ2v) is 10.5. The lowest BCUT2D eigenvalue weighted by Crippen LogP contribution is -2.50. The minimum atomic E-state index is -3.88. The largest absolute Gasteiger partial charge is 0.394 e. The number of aliphatic hydroxyl groups is 5. The summed E-state index contributed by atoms with van der Waals surface area (Å²) in [7, 11) is -2.60. The van der Waals surface area contributed by atoms with Crippen LogP contribution < -0.4 is 4.90 Å². The maximum absolute atomic E-state index is 13.0. The average Bonchev–Trinajstić information content (AvgIpc) is 2.71. The van der Waals surface area contributed by atoms with Crippen LogP contribution in [0.15, 0.2) is 30.3 Å². The Morgan fingerprint density at radius 2 is 1.65 bits per heavy atom. The molecule has 31 heavy (non-hydrogen) atoms. The topological polar surface area (TPSA) is 142 Å². The summed E-state index contributed by atoms with van der Waals surface area (Å²) in [5, 5.41) is 48.2. The van der Waals surface area contributed by atoms with Crippen molar-refractivity contribution >= 4 is 21.3 Å². The normalized spacial score (nSPS) is 20.1. The minimum Gasteiger partial charge on any atom is -0.394 e. The van der Waals surface area contributed by atoms with Gasteiger partial charge in [0.05, 0.1) is 24.0 Å². The van der Waals surface area contributed by atoms with Crippen LogP contribution in [0.1, 0.15) is 26.3 Å². The number of hydrogen-bond acceptors (Lipinski definition) is 8. The zero-order chi connectivity index (χ0) is 23.6. The lowest BCUT2D eigenvalue weighted by Gasteiger charge is -2.43. The molecule has 0 fully saturated rings. The van der Waals surface area contributed by atoms with E-state index >= 15 is 0 Å². The van der Waals surface area contributed by atoms with E-state index in [4.69, 9.17) is 5.11 Å². The van der Waals surface area contributed by atoms with Gasteiger partial charge in [-0.25, -0.2) is 12.7 Å². The van der Waals surface area contributed by atoms with Crippen LogP contribution in [-0.4, -0.2) is 101 Å². The van der Waals surface area contributed by atoms with E-state index in [9.17, 15) is 28.8 Å².